The minimum atomic E-state index is -0.0546. The smallest absolute Gasteiger partial charge is 0.244 e. The average molecular weight is 279 g/mol. The van der Waals surface area contributed by atoms with E-state index in [-0.39, 0.29) is 5.91 Å². The highest BCUT2D eigenvalue weighted by molar-refractivity contribution is 5.91. The second-order valence-corrected chi connectivity index (χ2v) is 5.25. The van der Waals surface area contributed by atoms with Crippen molar-refractivity contribution >= 4 is 12.0 Å². The number of aryl methyl sites for hydroxylation is 1. The van der Waals surface area contributed by atoms with Crippen molar-refractivity contribution in [2.75, 3.05) is 6.54 Å². The molecular formula is C19H21NO. The number of carbonyl (C=O) groups is 1. The molecule has 2 rings (SSSR count). The van der Waals surface area contributed by atoms with Gasteiger partial charge in [0, 0.05) is 12.6 Å². The van der Waals surface area contributed by atoms with Crippen LogP contribution in [-0.4, -0.2) is 12.5 Å². The lowest BCUT2D eigenvalue weighted by Crippen LogP contribution is -2.25. The van der Waals surface area contributed by atoms with Crippen LogP contribution in [0.2, 0.25) is 0 Å². The van der Waals surface area contributed by atoms with Crippen molar-refractivity contribution < 1.29 is 4.79 Å². The molecule has 0 radical (unpaired) electrons. The van der Waals surface area contributed by atoms with Crippen LogP contribution in [0.25, 0.3) is 6.08 Å². The average Bonchev–Trinajstić information content (AvgIpc) is 2.52. The number of hydrogen-bond acceptors (Lipinski definition) is 1. The fraction of sp³-hybridized carbons (Fsp3) is 0.211. The van der Waals surface area contributed by atoms with Gasteiger partial charge in [-0.15, -0.1) is 0 Å². The summed E-state index contributed by atoms with van der Waals surface area (Å²) in [5.41, 5.74) is 3.48. The van der Waals surface area contributed by atoms with E-state index in [1.165, 1.54) is 11.1 Å². The third-order valence-corrected chi connectivity index (χ3v) is 3.55. The van der Waals surface area contributed by atoms with Crippen LogP contribution in [0.4, 0.5) is 0 Å². The molecule has 1 N–H and O–H groups in total. The number of benzene rings is 2. The highest BCUT2D eigenvalue weighted by atomic mass is 16.1. The van der Waals surface area contributed by atoms with E-state index >= 15 is 0 Å². The first-order valence-corrected chi connectivity index (χ1v) is 7.23. The fourth-order valence-electron chi connectivity index (χ4n) is 2.15. The SMILES string of the molecule is Cc1ccccc1/C=C/C(=O)NC[C@@H](C)c1ccccc1. The third kappa shape index (κ3) is 4.60. The highest BCUT2D eigenvalue weighted by Crippen LogP contribution is 2.13. The number of rotatable bonds is 5. The second-order valence-electron chi connectivity index (χ2n) is 5.25. The monoisotopic (exact) mass is 279 g/mol. The van der Waals surface area contributed by atoms with E-state index in [4.69, 9.17) is 0 Å². The molecule has 2 aromatic carbocycles. The molecule has 0 unspecified atom stereocenters. The lowest BCUT2D eigenvalue weighted by atomic mass is 10.0. The van der Waals surface area contributed by atoms with E-state index in [1.807, 2.05) is 55.5 Å². The van der Waals surface area contributed by atoms with Crippen LogP contribution in [0, 0.1) is 6.92 Å². The van der Waals surface area contributed by atoms with Crippen molar-refractivity contribution in [2.45, 2.75) is 19.8 Å². The van der Waals surface area contributed by atoms with Gasteiger partial charge in [0.1, 0.15) is 0 Å². The van der Waals surface area contributed by atoms with Crippen molar-refractivity contribution in [3.05, 3.63) is 77.4 Å². The Kier molecular flexibility index (Phi) is 5.33. The van der Waals surface area contributed by atoms with Crippen molar-refractivity contribution in [1.82, 2.24) is 5.32 Å². The number of carbonyl (C=O) groups excluding carboxylic acids is 1. The molecule has 0 saturated heterocycles. The predicted molar refractivity (Wildman–Crippen MR) is 88.1 cm³/mol. The van der Waals surface area contributed by atoms with Crippen LogP contribution in [0.3, 0.4) is 0 Å². The lowest BCUT2D eigenvalue weighted by molar-refractivity contribution is -0.116. The first kappa shape index (κ1) is 15.0. The summed E-state index contributed by atoms with van der Waals surface area (Å²) < 4.78 is 0. The van der Waals surface area contributed by atoms with Crippen molar-refractivity contribution in [3.63, 3.8) is 0 Å². The molecule has 0 aliphatic heterocycles. The Labute approximate surface area is 126 Å². The van der Waals surface area contributed by atoms with E-state index in [2.05, 4.69) is 24.4 Å². The Morgan fingerprint density at radius 3 is 2.48 bits per heavy atom. The molecular weight excluding hydrogens is 258 g/mol. The zero-order chi connectivity index (χ0) is 15.1. The highest BCUT2D eigenvalue weighted by Gasteiger charge is 2.05. The van der Waals surface area contributed by atoms with Gasteiger partial charge in [-0.25, -0.2) is 0 Å². The first-order valence-electron chi connectivity index (χ1n) is 7.23. The fourth-order valence-corrected chi connectivity index (χ4v) is 2.15. The Balaban J connectivity index is 1.87. The molecule has 0 aliphatic carbocycles. The maximum absolute atomic E-state index is 11.9. The van der Waals surface area contributed by atoms with Crippen molar-refractivity contribution in [3.8, 4) is 0 Å². The molecule has 0 saturated carbocycles. The van der Waals surface area contributed by atoms with Gasteiger partial charge >= 0.3 is 0 Å². The number of hydrogen-bond donors (Lipinski definition) is 1. The van der Waals surface area contributed by atoms with Crippen LogP contribution in [0.5, 0.6) is 0 Å². The predicted octanol–water partition coefficient (Wildman–Crippen LogP) is 3.93. The van der Waals surface area contributed by atoms with E-state index in [1.54, 1.807) is 6.08 Å². The molecule has 1 atom stereocenters. The van der Waals surface area contributed by atoms with Gasteiger partial charge in [-0.1, -0.05) is 61.5 Å². The summed E-state index contributed by atoms with van der Waals surface area (Å²) in [5.74, 6) is 0.253. The Morgan fingerprint density at radius 1 is 1.10 bits per heavy atom. The zero-order valence-electron chi connectivity index (χ0n) is 12.5. The summed E-state index contributed by atoms with van der Waals surface area (Å²) in [4.78, 5) is 11.9. The Hall–Kier alpha value is -2.35. The third-order valence-electron chi connectivity index (χ3n) is 3.55. The Bertz CT molecular complexity index is 616. The maximum atomic E-state index is 11.9. The topological polar surface area (TPSA) is 29.1 Å². The normalized spacial score (nSPS) is 12.3. The van der Waals surface area contributed by atoms with Crippen LogP contribution in [0.1, 0.15) is 29.5 Å². The van der Waals surface area contributed by atoms with Crippen LogP contribution in [-0.2, 0) is 4.79 Å². The van der Waals surface area contributed by atoms with Gasteiger partial charge < -0.3 is 5.32 Å². The van der Waals surface area contributed by atoms with Gasteiger partial charge in [-0.05, 0) is 35.6 Å². The molecule has 0 aliphatic rings. The quantitative estimate of drug-likeness (QED) is 0.826. The van der Waals surface area contributed by atoms with E-state index < -0.39 is 0 Å². The maximum Gasteiger partial charge on any atom is 0.244 e. The van der Waals surface area contributed by atoms with E-state index in [0.29, 0.717) is 12.5 Å². The molecule has 108 valence electrons. The van der Waals surface area contributed by atoms with E-state index in [0.717, 1.165) is 5.56 Å². The summed E-state index contributed by atoms with van der Waals surface area (Å²) >= 11 is 0. The zero-order valence-corrected chi connectivity index (χ0v) is 12.5. The van der Waals surface area contributed by atoms with Crippen LogP contribution < -0.4 is 5.32 Å². The molecule has 0 heterocycles. The first-order chi connectivity index (χ1) is 10.2. The molecule has 0 fully saturated rings. The number of nitrogens with one attached hydrogen (secondary N) is 1. The molecule has 0 bridgehead atoms. The van der Waals surface area contributed by atoms with Gasteiger partial charge in [0.15, 0.2) is 0 Å². The van der Waals surface area contributed by atoms with Gasteiger partial charge in [-0.2, -0.15) is 0 Å². The lowest BCUT2D eigenvalue weighted by Gasteiger charge is -2.11. The standard InChI is InChI=1S/C19H21NO/c1-15-8-6-7-11-18(15)12-13-19(21)20-14-16(2)17-9-4-3-5-10-17/h3-13,16H,14H2,1-2H3,(H,20,21)/b13-12+/t16-/m1/s1. The largest absolute Gasteiger partial charge is 0.352 e. The van der Waals surface area contributed by atoms with Gasteiger partial charge in [0.25, 0.3) is 0 Å². The summed E-state index contributed by atoms with van der Waals surface area (Å²) in [6.07, 6.45) is 3.46. The van der Waals surface area contributed by atoms with Crippen LogP contribution >= 0.6 is 0 Å². The van der Waals surface area contributed by atoms with E-state index in [9.17, 15) is 4.79 Å². The van der Waals surface area contributed by atoms with Crippen LogP contribution in [0.15, 0.2) is 60.7 Å². The van der Waals surface area contributed by atoms with Gasteiger partial charge in [0.05, 0.1) is 0 Å². The summed E-state index contributed by atoms with van der Waals surface area (Å²) in [6, 6.07) is 18.2. The van der Waals surface area contributed by atoms with Gasteiger partial charge in [0.2, 0.25) is 5.91 Å². The van der Waals surface area contributed by atoms with Crippen molar-refractivity contribution in [2.24, 2.45) is 0 Å². The molecule has 0 spiro atoms. The Morgan fingerprint density at radius 2 is 1.76 bits per heavy atom. The molecule has 1 amide bonds. The molecule has 2 heteroatoms. The molecule has 21 heavy (non-hydrogen) atoms. The second kappa shape index (κ2) is 7.44. The summed E-state index contributed by atoms with van der Waals surface area (Å²) in [7, 11) is 0. The molecule has 0 aromatic heterocycles. The number of amides is 1. The minimum Gasteiger partial charge on any atom is -0.352 e. The molecule has 2 nitrogen and oxygen atoms in total. The van der Waals surface area contributed by atoms with Gasteiger partial charge in [-0.3, -0.25) is 4.79 Å². The summed E-state index contributed by atoms with van der Waals surface area (Å²) in [6.45, 7) is 4.79. The van der Waals surface area contributed by atoms with Crippen molar-refractivity contribution in [1.29, 1.82) is 0 Å². The summed E-state index contributed by atoms with van der Waals surface area (Å²) in [5, 5.41) is 2.94. The molecule has 2 aromatic rings. The minimum absolute atomic E-state index is 0.0546.